The van der Waals surface area contributed by atoms with Gasteiger partial charge in [-0.2, -0.15) is 0 Å². The molecule has 1 amide bonds. The number of hydrogen-bond acceptors (Lipinski definition) is 5. The zero-order valence-electron chi connectivity index (χ0n) is 15.0. The molecule has 0 aliphatic carbocycles. The number of carbonyl (C=O) groups excluding carboxylic acids is 2. The predicted octanol–water partition coefficient (Wildman–Crippen LogP) is 4.17. The smallest absolute Gasteiger partial charge is 0.337 e. The van der Waals surface area contributed by atoms with Crippen LogP contribution in [0, 0.1) is 6.92 Å². The molecule has 0 unspecified atom stereocenters. The van der Waals surface area contributed by atoms with Gasteiger partial charge in [-0.15, -0.1) is 0 Å². The molecular weight excluding hydrogens is 342 g/mol. The molecule has 0 fully saturated rings. The molecule has 3 aromatic rings. The molecule has 0 aliphatic rings. The summed E-state index contributed by atoms with van der Waals surface area (Å²) in [5.74, 6) is -0.115. The number of anilines is 3. The van der Waals surface area contributed by atoms with Crippen LogP contribution in [0.3, 0.4) is 0 Å². The number of carbonyl (C=O) groups is 2. The highest BCUT2D eigenvalue weighted by atomic mass is 16.5. The van der Waals surface area contributed by atoms with Crippen LogP contribution in [-0.4, -0.2) is 24.0 Å². The Labute approximate surface area is 157 Å². The molecule has 0 atom stereocenters. The number of esters is 1. The Morgan fingerprint density at radius 1 is 0.926 bits per heavy atom. The maximum absolute atomic E-state index is 12.2. The number of rotatable bonds is 5. The predicted molar refractivity (Wildman–Crippen MR) is 104 cm³/mol. The van der Waals surface area contributed by atoms with Crippen molar-refractivity contribution in [2.75, 3.05) is 17.7 Å². The van der Waals surface area contributed by atoms with Gasteiger partial charge < -0.3 is 15.4 Å². The Bertz CT molecular complexity index is 951. The molecule has 2 N–H and O–H groups in total. The summed E-state index contributed by atoms with van der Waals surface area (Å²) in [6.45, 7) is 1.94. The number of nitrogens with zero attached hydrogens (tertiary/aromatic N) is 1. The lowest BCUT2D eigenvalue weighted by Gasteiger charge is -2.09. The number of benzene rings is 2. The van der Waals surface area contributed by atoms with Crippen molar-refractivity contribution in [3.05, 3.63) is 83.6 Å². The first kappa shape index (κ1) is 18.1. The lowest BCUT2D eigenvalue weighted by atomic mass is 10.1. The van der Waals surface area contributed by atoms with Gasteiger partial charge in [-0.05, 0) is 55.5 Å². The van der Waals surface area contributed by atoms with Crippen molar-refractivity contribution in [1.29, 1.82) is 0 Å². The fraction of sp³-hybridized carbons (Fsp3) is 0.0952. The van der Waals surface area contributed by atoms with Gasteiger partial charge in [-0.1, -0.05) is 17.7 Å². The molecule has 0 spiro atoms. The average molecular weight is 361 g/mol. The van der Waals surface area contributed by atoms with Gasteiger partial charge in [0.2, 0.25) is 0 Å². The van der Waals surface area contributed by atoms with E-state index in [1.807, 2.05) is 31.2 Å². The van der Waals surface area contributed by atoms with Crippen LogP contribution >= 0.6 is 0 Å². The highest BCUT2D eigenvalue weighted by molar-refractivity contribution is 6.03. The van der Waals surface area contributed by atoms with Crippen molar-refractivity contribution in [2.24, 2.45) is 0 Å². The SMILES string of the molecule is COC(=O)c1ccc(Nc2ccc(NC(=O)c3cccc(C)c3)nc2)cc1. The summed E-state index contributed by atoms with van der Waals surface area (Å²) in [6.07, 6.45) is 1.63. The van der Waals surface area contributed by atoms with Crippen molar-refractivity contribution < 1.29 is 14.3 Å². The normalized spacial score (nSPS) is 10.1. The first-order chi connectivity index (χ1) is 13.0. The zero-order chi connectivity index (χ0) is 19.2. The topological polar surface area (TPSA) is 80.3 Å². The Balaban J connectivity index is 1.63. The molecule has 2 aromatic carbocycles. The van der Waals surface area contributed by atoms with E-state index in [4.69, 9.17) is 0 Å². The third-order valence-corrected chi connectivity index (χ3v) is 3.88. The third kappa shape index (κ3) is 4.70. The van der Waals surface area contributed by atoms with E-state index in [-0.39, 0.29) is 11.9 Å². The minimum atomic E-state index is -0.378. The Kier molecular flexibility index (Phi) is 5.47. The fourth-order valence-corrected chi connectivity index (χ4v) is 2.49. The van der Waals surface area contributed by atoms with E-state index in [1.165, 1.54) is 7.11 Å². The fourth-order valence-electron chi connectivity index (χ4n) is 2.49. The largest absolute Gasteiger partial charge is 0.465 e. The molecule has 0 saturated heterocycles. The highest BCUT2D eigenvalue weighted by Crippen LogP contribution is 2.18. The van der Waals surface area contributed by atoms with Crippen LogP contribution in [-0.2, 0) is 4.74 Å². The standard InChI is InChI=1S/C21H19N3O3/c1-14-4-3-5-16(12-14)20(25)24-19-11-10-18(13-22-19)23-17-8-6-15(7-9-17)21(26)27-2/h3-13,23H,1-2H3,(H,22,24,25). The van der Waals surface area contributed by atoms with E-state index < -0.39 is 0 Å². The molecule has 136 valence electrons. The summed E-state index contributed by atoms with van der Waals surface area (Å²) in [5.41, 5.74) is 3.66. The number of pyridine rings is 1. The summed E-state index contributed by atoms with van der Waals surface area (Å²) in [6, 6.07) is 17.8. The quantitative estimate of drug-likeness (QED) is 0.667. The maximum atomic E-state index is 12.2. The van der Waals surface area contributed by atoms with E-state index in [0.29, 0.717) is 16.9 Å². The molecule has 0 bridgehead atoms. The minimum absolute atomic E-state index is 0.203. The second-order valence-corrected chi connectivity index (χ2v) is 5.95. The summed E-state index contributed by atoms with van der Waals surface area (Å²) in [7, 11) is 1.35. The van der Waals surface area contributed by atoms with Gasteiger partial charge in [0.15, 0.2) is 0 Å². The van der Waals surface area contributed by atoms with Crippen molar-refractivity contribution in [3.63, 3.8) is 0 Å². The lowest BCUT2D eigenvalue weighted by Crippen LogP contribution is -2.13. The highest BCUT2D eigenvalue weighted by Gasteiger charge is 2.07. The van der Waals surface area contributed by atoms with E-state index in [0.717, 1.165) is 16.9 Å². The number of ether oxygens (including phenoxy) is 1. The van der Waals surface area contributed by atoms with E-state index >= 15 is 0 Å². The van der Waals surface area contributed by atoms with E-state index in [9.17, 15) is 9.59 Å². The number of amides is 1. The molecule has 0 radical (unpaired) electrons. The van der Waals surface area contributed by atoms with Gasteiger partial charge in [0.25, 0.3) is 5.91 Å². The van der Waals surface area contributed by atoms with Gasteiger partial charge in [0.1, 0.15) is 5.82 Å². The number of nitrogens with one attached hydrogen (secondary N) is 2. The molecule has 27 heavy (non-hydrogen) atoms. The summed E-state index contributed by atoms with van der Waals surface area (Å²) < 4.78 is 4.67. The van der Waals surface area contributed by atoms with Crippen LogP contribution < -0.4 is 10.6 Å². The number of aryl methyl sites for hydroxylation is 1. The van der Waals surface area contributed by atoms with Crippen molar-refractivity contribution in [2.45, 2.75) is 6.92 Å². The molecule has 1 aromatic heterocycles. The van der Waals surface area contributed by atoms with Gasteiger partial charge in [-0.3, -0.25) is 4.79 Å². The first-order valence-corrected chi connectivity index (χ1v) is 8.34. The monoisotopic (exact) mass is 361 g/mol. The molecule has 0 aliphatic heterocycles. The summed E-state index contributed by atoms with van der Waals surface area (Å²) in [4.78, 5) is 27.9. The lowest BCUT2D eigenvalue weighted by molar-refractivity contribution is 0.0600. The molecular formula is C21H19N3O3. The first-order valence-electron chi connectivity index (χ1n) is 8.34. The summed E-state index contributed by atoms with van der Waals surface area (Å²) in [5, 5.41) is 5.95. The molecule has 1 heterocycles. The van der Waals surface area contributed by atoms with Crippen LogP contribution in [0.15, 0.2) is 66.9 Å². The van der Waals surface area contributed by atoms with E-state index in [2.05, 4.69) is 20.4 Å². The molecule has 3 rings (SSSR count). The van der Waals surface area contributed by atoms with Gasteiger partial charge in [0.05, 0.1) is 24.6 Å². The van der Waals surface area contributed by atoms with Crippen LogP contribution in [0.2, 0.25) is 0 Å². The molecule has 6 heteroatoms. The van der Waals surface area contributed by atoms with Crippen LogP contribution in [0.25, 0.3) is 0 Å². The Hall–Kier alpha value is -3.67. The van der Waals surface area contributed by atoms with Crippen molar-refractivity contribution in [3.8, 4) is 0 Å². The van der Waals surface area contributed by atoms with Crippen LogP contribution in [0.4, 0.5) is 17.2 Å². The second-order valence-electron chi connectivity index (χ2n) is 5.95. The number of aromatic nitrogens is 1. The Morgan fingerprint density at radius 3 is 2.30 bits per heavy atom. The minimum Gasteiger partial charge on any atom is -0.465 e. The van der Waals surface area contributed by atoms with Crippen LogP contribution in [0.5, 0.6) is 0 Å². The Morgan fingerprint density at radius 2 is 1.67 bits per heavy atom. The van der Waals surface area contributed by atoms with Gasteiger partial charge in [-0.25, -0.2) is 9.78 Å². The number of methoxy groups -OCH3 is 1. The average Bonchev–Trinajstić information content (AvgIpc) is 2.69. The number of hydrogen-bond donors (Lipinski definition) is 2. The van der Waals surface area contributed by atoms with Gasteiger partial charge in [0, 0.05) is 11.3 Å². The van der Waals surface area contributed by atoms with Gasteiger partial charge >= 0.3 is 5.97 Å². The summed E-state index contributed by atoms with van der Waals surface area (Å²) >= 11 is 0. The third-order valence-electron chi connectivity index (χ3n) is 3.88. The molecule has 6 nitrogen and oxygen atoms in total. The van der Waals surface area contributed by atoms with E-state index in [1.54, 1.807) is 42.6 Å². The maximum Gasteiger partial charge on any atom is 0.337 e. The van der Waals surface area contributed by atoms with Crippen LogP contribution in [0.1, 0.15) is 26.3 Å². The van der Waals surface area contributed by atoms with Crippen molar-refractivity contribution >= 4 is 29.1 Å². The molecule has 0 saturated carbocycles. The van der Waals surface area contributed by atoms with Crippen molar-refractivity contribution in [1.82, 2.24) is 4.98 Å². The zero-order valence-corrected chi connectivity index (χ0v) is 15.0. The second kappa shape index (κ2) is 8.14.